The summed E-state index contributed by atoms with van der Waals surface area (Å²) in [6.07, 6.45) is 3.57. The van der Waals surface area contributed by atoms with Crippen LogP contribution in [0.4, 0.5) is 0 Å². The van der Waals surface area contributed by atoms with Crippen LogP contribution in [0.1, 0.15) is 25.5 Å². The number of hydrogen-bond donors (Lipinski definition) is 1. The number of nitrogens with one attached hydrogen (secondary N) is 1. The first-order chi connectivity index (χ1) is 9.18. The molecule has 2 atom stereocenters. The molecule has 104 valence electrons. The average Bonchev–Trinajstić information content (AvgIpc) is 2.48. The van der Waals surface area contributed by atoms with Gasteiger partial charge >= 0.3 is 0 Å². The SMILES string of the molecule is CC(N[C@H](C)c1cccnc1)C(=O)N1CCOCC1. The summed E-state index contributed by atoms with van der Waals surface area (Å²) in [6.45, 7) is 6.59. The molecule has 0 bridgehead atoms. The molecule has 1 N–H and O–H groups in total. The molecule has 2 heterocycles. The van der Waals surface area contributed by atoms with Gasteiger partial charge < -0.3 is 9.64 Å². The number of nitrogens with zero attached hydrogens (tertiary/aromatic N) is 2. The van der Waals surface area contributed by atoms with Gasteiger partial charge in [0.1, 0.15) is 0 Å². The molecule has 0 radical (unpaired) electrons. The molecule has 1 fully saturated rings. The first kappa shape index (κ1) is 14.0. The Kier molecular flexibility index (Phi) is 4.87. The number of amides is 1. The smallest absolute Gasteiger partial charge is 0.239 e. The Balaban J connectivity index is 1.89. The topological polar surface area (TPSA) is 54.5 Å². The molecule has 1 aromatic rings. The van der Waals surface area contributed by atoms with Crippen molar-refractivity contribution >= 4 is 5.91 Å². The number of carbonyl (C=O) groups excluding carboxylic acids is 1. The van der Waals surface area contributed by atoms with Crippen molar-refractivity contribution in [3.8, 4) is 0 Å². The van der Waals surface area contributed by atoms with Crippen molar-refractivity contribution in [2.24, 2.45) is 0 Å². The van der Waals surface area contributed by atoms with E-state index in [0.717, 1.165) is 5.56 Å². The Morgan fingerprint density at radius 1 is 1.42 bits per heavy atom. The molecule has 0 saturated carbocycles. The molecule has 19 heavy (non-hydrogen) atoms. The van der Waals surface area contributed by atoms with Gasteiger partial charge in [0, 0.05) is 31.5 Å². The minimum Gasteiger partial charge on any atom is -0.378 e. The predicted molar refractivity (Wildman–Crippen MR) is 72.6 cm³/mol. The molecule has 0 aromatic carbocycles. The zero-order valence-electron chi connectivity index (χ0n) is 11.5. The number of carbonyl (C=O) groups is 1. The third-order valence-electron chi connectivity index (χ3n) is 3.38. The van der Waals surface area contributed by atoms with Gasteiger partial charge in [-0.1, -0.05) is 6.07 Å². The van der Waals surface area contributed by atoms with Gasteiger partial charge in [0.2, 0.25) is 5.91 Å². The fraction of sp³-hybridized carbons (Fsp3) is 0.571. The molecule has 1 aliphatic rings. The van der Waals surface area contributed by atoms with Gasteiger partial charge in [-0.3, -0.25) is 15.1 Å². The zero-order valence-corrected chi connectivity index (χ0v) is 11.5. The van der Waals surface area contributed by atoms with Crippen LogP contribution in [0.2, 0.25) is 0 Å². The van der Waals surface area contributed by atoms with Crippen LogP contribution >= 0.6 is 0 Å². The first-order valence-electron chi connectivity index (χ1n) is 6.71. The summed E-state index contributed by atoms with van der Waals surface area (Å²) in [6, 6.07) is 3.82. The van der Waals surface area contributed by atoms with Crippen LogP contribution in [-0.4, -0.2) is 48.1 Å². The second-order valence-electron chi connectivity index (χ2n) is 4.83. The van der Waals surface area contributed by atoms with Gasteiger partial charge in [0.05, 0.1) is 19.3 Å². The lowest BCUT2D eigenvalue weighted by Gasteiger charge is -2.30. The van der Waals surface area contributed by atoms with Crippen LogP contribution in [0.15, 0.2) is 24.5 Å². The maximum atomic E-state index is 12.3. The number of hydrogen-bond acceptors (Lipinski definition) is 4. The van der Waals surface area contributed by atoms with E-state index in [1.807, 2.05) is 37.1 Å². The zero-order chi connectivity index (χ0) is 13.7. The van der Waals surface area contributed by atoms with Gasteiger partial charge in [0.25, 0.3) is 0 Å². The second kappa shape index (κ2) is 6.63. The van der Waals surface area contributed by atoms with Crippen molar-refractivity contribution in [3.05, 3.63) is 30.1 Å². The third kappa shape index (κ3) is 3.75. The molecule has 0 spiro atoms. The molecular weight excluding hydrogens is 242 g/mol. The van der Waals surface area contributed by atoms with E-state index < -0.39 is 0 Å². The Labute approximate surface area is 114 Å². The molecule has 1 aromatic heterocycles. The van der Waals surface area contributed by atoms with E-state index in [9.17, 15) is 4.79 Å². The van der Waals surface area contributed by atoms with Crippen LogP contribution in [0.25, 0.3) is 0 Å². The molecule has 2 rings (SSSR count). The molecule has 5 heteroatoms. The summed E-state index contributed by atoms with van der Waals surface area (Å²) < 4.78 is 5.26. The number of aromatic nitrogens is 1. The minimum absolute atomic E-state index is 0.105. The third-order valence-corrected chi connectivity index (χ3v) is 3.38. The van der Waals surface area contributed by atoms with Crippen molar-refractivity contribution in [1.29, 1.82) is 0 Å². The van der Waals surface area contributed by atoms with Gasteiger partial charge in [-0.15, -0.1) is 0 Å². The van der Waals surface area contributed by atoms with Crippen LogP contribution in [0.5, 0.6) is 0 Å². The first-order valence-corrected chi connectivity index (χ1v) is 6.71. The van der Waals surface area contributed by atoms with Crippen molar-refractivity contribution in [1.82, 2.24) is 15.2 Å². The van der Waals surface area contributed by atoms with E-state index in [2.05, 4.69) is 10.3 Å². The van der Waals surface area contributed by atoms with Crippen molar-refractivity contribution in [3.63, 3.8) is 0 Å². The number of ether oxygens (including phenoxy) is 1. The van der Waals surface area contributed by atoms with Gasteiger partial charge in [-0.05, 0) is 25.5 Å². The van der Waals surface area contributed by atoms with Crippen LogP contribution < -0.4 is 5.32 Å². The van der Waals surface area contributed by atoms with Crippen LogP contribution in [0, 0.1) is 0 Å². The highest BCUT2D eigenvalue weighted by atomic mass is 16.5. The van der Waals surface area contributed by atoms with E-state index in [4.69, 9.17) is 4.74 Å². The molecule has 0 aliphatic carbocycles. The fourth-order valence-electron chi connectivity index (χ4n) is 2.23. The lowest BCUT2D eigenvalue weighted by Crippen LogP contribution is -2.49. The maximum Gasteiger partial charge on any atom is 0.239 e. The fourth-order valence-corrected chi connectivity index (χ4v) is 2.23. The predicted octanol–water partition coefficient (Wildman–Crippen LogP) is 0.979. The lowest BCUT2D eigenvalue weighted by molar-refractivity contribution is -0.137. The van der Waals surface area contributed by atoms with E-state index in [-0.39, 0.29) is 18.0 Å². The normalized spacial score (nSPS) is 18.9. The standard InChI is InChI=1S/C14H21N3O2/c1-11(13-4-3-5-15-10-13)16-12(2)14(18)17-6-8-19-9-7-17/h3-5,10-12,16H,6-9H2,1-2H3/t11-,12?/m1/s1. The Bertz CT molecular complexity index is 404. The summed E-state index contributed by atoms with van der Waals surface area (Å²) in [5.41, 5.74) is 1.09. The monoisotopic (exact) mass is 263 g/mol. The molecule has 5 nitrogen and oxygen atoms in total. The molecular formula is C14H21N3O2. The van der Waals surface area contributed by atoms with Crippen molar-refractivity contribution in [2.45, 2.75) is 25.9 Å². The molecule has 1 aliphatic heterocycles. The Hall–Kier alpha value is -1.46. The Morgan fingerprint density at radius 3 is 2.79 bits per heavy atom. The van der Waals surface area contributed by atoms with E-state index in [1.165, 1.54) is 0 Å². The maximum absolute atomic E-state index is 12.3. The summed E-state index contributed by atoms with van der Waals surface area (Å²) in [5, 5.41) is 3.32. The van der Waals surface area contributed by atoms with E-state index >= 15 is 0 Å². The highest BCUT2D eigenvalue weighted by molar-refractivity contribution is 5.81. The molecule has 1 unspecified atom stereocenters. The second-order valence-corrected chi connectivity index (χ2v) is 4.83. The summed E-state index contributed by atoms with van der Waals surface area (Å²) in [5.74, 6) is 0.138. The summed E-state index contributed by atoms with van der Waals surface area (Å²) in [4.78, 5) is 18.2. The highest BCUT2D eigenvalue weighted by Crippen LogP contribution is 2.11. The quantitative estimate of drug-likeness (QED) is 0.880. The average molecular weight is 263 g/mol. The highest BCUT2D eigenvalue weighted by Gasteiger charge is 2.23. The van der Waals surface area contributed by atoms with Gasteiger partial charge in [-0.25, -0.2) is 0 Å². The van der Waals surface area contributed by atoms with Crippen molar-refractivity contribution < 1.29 is 9.53 Å². The number of morpholine rings is 1. The summed E-state index contributed by atoms with van der Waals surface area (Å²) in [7, 11) is 0. The van der Waals surface area contributed by atoms with E-state index in [0.29, 0.717) is 26.3 Å². The molecule has 1 saturated heterocycles. The van der Waals surface area contributed by atoms with E-state index in [1.54, 1.807) is 6.20 Å². The number of rotatable bonds is 4. The van der Waals surface area contributed by atoms with Gasteiger partial charge in [-0.2, -0.15) is 0 Å². The minimum atomic E-state index is -0.201. The largest absolute Gasteiger partial charge is 0.378 e. The van der Waals surface area contributed by atoms with Crippen LogP contribution in [-0.2, 0) is 9.53 Å². The summed E-state index contributed by atoms with van der Waals surface area (Å²) >= 11 is 0. The Morgan fingerprint density at radius 2 is 2.16 bits per heavy atom. The molecule has 1 amide bonds. The van der Waals surface area contributed by atoms with Crippen LogP contribution in [0.3, 0.4) is 0 Å². The van der Waals surface area contributed by atoms with Gasteiger partial charge in [0.15, 0.2) is 0 Å². The lowest BCUT2D eigenvalue weighted by atomic mass is 10.1. The number of pyridine rings is 1. The van der Waals surface area contributed by atoms with Crippen molar-refractivity contribution in [2.75, 3.05) is 26.3 Å².